The topological polar surface area (TPSA) is 72.0 Å². The van der Waals surface area contributed by atoms with Crippen LogP contribution in [-0.2, 0) is 10.0 Å². The van der Waals surface area contributed by atoms with Crippen LogP contribution >= 0.6 is 15.9 Å². The summed E-state index contributed by atoms with van der Waals surface area (Å²) in [6.07, 6.45) is 4.25. The third-order valence-electron chi connectivity index (χ3n) is 2.23. The van der Waals surface area contributed by atoms with E-state index in [-0.39, 0.29) is 10.7 Å². The van der Waals surface area contributed by atoms with Gasteiger partial charge in [0.2, 0.25) is 0 Å². The zero-order chi connectivity index (χ0) is 13.2. The highest BCUT2D eigenvalue weighted by Gasteiger charge is 2.17. The van der Waals surface area contributed by atoms with E-state index in [1.54, 1.807) is 19.1 Å². The van der Waals surface area contributed by atoms with Crippen molar-refractivity contribution < 1.29 is 8.42 Å². The number of rotatable bonds is 3. The third kappa shape index (κ3) is 2.85. The maximum Gasteiger partial charge on any atom is 0.263 e. The fraction of sp³-hybridized carbons (Fsp3) is 0.0909. The van der Waals surface area contributed by atoms with Crippen LogP contribution in [0.3, 0.4) is 0 Å². The van der Waals surface area contributed by atoms with Crippen molar-refractivity contribution in [3.8, 4) is 0 Å². The van der Waals surface area contributed by atoms with Crippen LogP contribution in [-0.4, -0.2) is 18.4 Å². The van der Waals surface area contributed by atoms with E-state index in [0.717, 1.165) is 4.47 Å². The molecule has 1 heterocycles. The Morgan fingerprint density at radius 2 is 2.06 bits per heavy atom. The second-order valence-corrected chi connectivity index (χ2v) is 6.17. The molecule has 1 N–H and O–H groups in total. The van der Waals surface area contributed by atoms with Gasteiger partial charge in [0.25, 0.3) is 10.0 Å². The number of nitrogens with one attached hydrogen (secondary N) is 1. The number of sulfonamides is 1. The fourth-order valence-corrected chi connectivity index (χ4v) is 3.16. The number of aromatic nitrogens is 2. The highest BCUT2D eigenvalue weighted by atomic mass is 79.9. The van der Waals surface area contributed by atoms with E-state index in [1.807, 2.05) is 0 Å². The first-order chi connectivity index (χ1) is 8.49. The molecule has 0 unspecified atom stereocenters. The molecule has 0 radical (unpaired) electrons. The van der Waals surface area contributed by atoms with Gasteiger partial charge in [0.15, 0.2) is 5.82 Å². The number of aryl methyl sites for hydroxylation is 1. The van der Waals surface area contributed by atoms with Crippen LogP contribution in [0, 0.1) is 6.92 Å². The van der Waals surface area contributed by atoms with Crippen LogP contribution in [0.4, 0.5) is 5.82 Å². The van der Waals surface area contributed by atoms with Crippen molar-refractivity contribution in [1.82, 2.24) is 9.97 Å². The first-order valence-corrected chi connectivity index (χ1v) is 7.31. The quantitative estimate of drug-likeness (QED) is 0.939. The van der Waals surface area contributed by atoms with E-state index in [0.29, 0.717) is 5.56 Å². The molecule has 7 heteroatoms. The number of hydrogen-bond acceptors (Lipinski definition) is 4. The van der Waals surface area contributed by atoms with E-state index in [9.17, 15) is 8.42 Å². The van der Waals surface area contributed by atoms with E-state index < -0.39 is 10.0 Å². The number of benzene rings is 1. The molecule has 0 bridgehead atoms. The number of hydrogen-bond donors (Lipinski definition) is 1. The lowest BCUT2D eigenvalue weighted by Gasteiger charge is -2.09. The van der Waals surface area contributed by atoms with E-state index in [2.05, 4.69) is 30.6 Å². The molecule has 94 valence electrons. The predicted molar refractivity (Wildman–Crippen MR) is 71.7 cm³/mol. The molecule has 2 rings (SSSR count). The normalized spacial score (nSPS) is 11.2. The van der Waals surface area contributed by atoms with Gasteiger partial charge in [-0.3, -0.25) is 9.71 Å². The zero-order valence-electron chi connectivity index (χ0n) is 9.46. The molecule has 0 saturated carbocycles. The zero-order valence-corrected chi connectivity index (χ0v) is 11.9. The Labute approximate surface area is 113 Å². The van der Waals surface area contributed by atoms with Crippen molar-refractivity contribution in [1.29, 1.82) is 0 Å². The van der Waals surface area contributed by atoms with Crippen molar-refractivity contribution in [2.24, 2.45) is 0 Å². The number of nitrogens with zero attached hydrogens (tertiary/aromatic N) is 2. The Morgan fingerprint density at radius 1 is 1.28 bits per heavy atom. The van der Waals surface area contributed by atoms with E-state index >= 15 is 0 Å². The van der Waals surface area contributed by atoms with Gasteiger partial charge in [-0.1, -0.05) is 15.9 Å². The van der Waals surface area contributed by atoms with Crippen LogP contribution in [0.25, 0.3) is 0 Å². The molecule has 0 fully saturated rings. The average Bonchev–Trinajstić information content (AvgIpc) is 2.29. The van der Waals surface area contributed by atoms with E-state index in [1.165, 1.54) is 24.7 Å². The number of halogens is 1. The second kappa shape index (κ2) is 5.03. The van der Waals surface area contributed by atoms with Crippen molar-refractivity contribution in [2.75, 3.05) is 4.72 Å². The molecule has 5 nitrogen and oxygen atoms in total. The first-order valence-electron chi connectivity index (χ1n) is 5.04. The van der Waals surface area contributed by atoms with Gasteiger partial charge < -0.3 is 0 Å². The van der Waals surface area contributed by atoms with Crippen molar-refractivity contribution in [2.45, 2.75) is 11.8 Å². The lowest BCUT2D eigenvalue weighted by molar-refractivity contribution is 0.600. The molecule has 1 aromatic carbocycles. The summed E-state index contributed by atoms with van der Waals surface area (Å²) in [5.41, 5.74) is 0.653. The maximum atomic E-state index is 12.1. The van der Waals surface area contributed by atoms with Crippen molar-refractivity contribution >= 4 is 31.8 Å². The minimum absolute atomic E-state index is 0.194. The lowest BCUT2D eigenvalue weighted by atomic mass is 10.2. The molecule has 1 aromatic heterocycles. The molecule has 2 aromatic rings. The smallest absolute Gasteiger partial charge is 0.262 e. The van der Waals surface area contributed by atoms with Crippen LogP contribution in [0.5, 0.6) is 0 Å². The summed E-state index contributed by atoms with van der Waals surface area (Å²) >= 11 is 3.29. The molecule has 18 heavy (non-hydrogen) atoms. The standard InChI is InChI=1S/C11H10BrN3O2S/c1-8-6-9(12)2-3-10(8)18(16,17)15-11-7-13-4-5-14-11/h2-7H,1H3,(H,14,15). The Hall–Kier alpha value is -1.47. The second-order valence-electron chi connectivity index (χ2n) is 3.61. The van der Waals surface area contributed by atoms with E-state index in [4.69, 9.17) is 0 Å². The SMILES string of the molecule is Cc1cc(Br)ccc1S(=O)(=O)Nc1cnccn1. The number of anilines is 1. The fourth-order valence-electron chi connectivity index (χ4n) is 1.46. The summed E-state index contributed by atoms with van der Waals surface area (Å²) < 4.78 is 27.5. The van der Waals surface area contributed by atoms with Gasteiger partial charge >= 0.3 is 0 Å². The Kier molecular flexibility index (Phi) is 3.63. The highest BCUT2D eigenvalue weighted by molar-refractivity contribution is 9.10. The van der Waals surface area contributed by atoms with Gasteiger partial charge in [0.05, 0.1) is 11.1 Å². The summed E-state index contributed by atoms with van der Waals surface area (Å²) in [6, 6.07) is 4.96. The van der Waals surface area contributed by atoms with Crippen molar-refractivity contribution in [3.63, 3.8) is 0 Å². The monoisotopic (exact) mass is 327 g/mol. The molecular formula is C11H10BrN3O2S. The Bertz CT molecular complexity index is 659. The predicted octanol–water partition coefficient (Wildman–Crippen LogP) is 2.35. The van der Waals surface area contributed by atoms with Gasteiger partial charge in [-0.25, -0.2) is 13.4 Å². The molecule has 0 aliphatic carbocycles. The molecule has 0 atom stereocenters. The minimum atomic E-state index is -3.63. The molecule has 0 spiro atoms. The van der Waals surface area contributed by atoms with Gasteiger partial charge in [-0.15, -0.1) is 0 Å². The summed E-state index contributed by atoms with van der Waals surface area (Å²) in [5.74, 6) is 0.194. The first kappa shape index (κ1) is 13.0. The van der Waals surface area contributed by atoms with Gasteiger partial charge in [0.1, 0.15) is 0 Å². The van der Waals surface area contributed by atoms with Crippen molar-refractivity contribution in [3.05, 3.63) is 46.8 Å². The summed E-state index contributed by atoms with van der Waals surface area (Å²) in [4.78, 5) is 7.90. The van der Waals surface area contributed by atoms with Crippen LogP contribution < -0.4 is 4.72 Å². The van der Waals surface area contributed by atoms with Gasteiger partial charge in [0, 0.05) is 16.9 Å². The lowest BCUT2D eigenvalue weighted by Crippen LogP contribution is -2.15. The molecular weight excluding hydrogens is 318 g/mol. The summed E-state index contributed by atoms with van der Waals surface area (Å²) in [6.45, 7) is 1.73. The van der Waals surface area contributed by atoms with Gasteiger partial charge in [-0.2, -0.15) is 0 Å². The highest BCUT2D eigenvalue weighted by Crippen LogP contribution is 2.21. The Morgan fingerprint density at radius 3 is 2.67 bits per heavy atom. The Balaban J connectivity index is 2.37. The summed E-state index contributed by atoms with van der Waals surface area (Å²) in [7, 11) is -3.63. The molecule has 0 saturated heterocycles. The largest absolute Gasteiger partial charge is 0.263 e. The van der Waals surface area contributed by atoms with Gasteiger partial charge in [-0.05, 0) is 30.7 Å². The summed E-state index contributed by atoms with van der Waals surface area (Å²) in [5, 5.41) is 0. The molecule has 0 amide bonds. The third-order valence-corrected chi connectivity index (χ3v) is 4.24. The average molecular weight is 328 g/mol. The maximum absolute atomic E-state index is 12.1. The van der Waals surface area contributed by atoms with Crippen LogP contribution in [0.1, 0.15) is 5.56 Å². The van der Waals surface area contributed by atoms with Crippen LogP contribution in [0.15, 0.2) is 46.2 Å². The minimum Gasteiger partial charge on any atom is -0.262 e. The molecule has 0 aliphatic heterocycles. The van der Waals surface area contributed by atoms with Crippen LogP contribution in [0.2, 0.25) is 0 Å². The molecule has 0 aliphatic rings.